The normalized spacial score (nSPS) is 26.0. The molecule has 0 spiro atoms. The Morgan fingerprint density at radius 1 is 1.33 bits per heavy atom. The highest BCUT2D eigenvalue weighted by Gasteiger charge is 2.28. The molecular formula is C14H20F2N2. The zero-order valence-corrected chi connectivity index (χ0v) is 10.6. The third-order valence-electron chi connectivity index (χ3n) is 3.93. The molecule has 1 fully saturated rings. The number of nitrogens with one attached hydrogen (secondary N) is 1. The van der Waals surface area contributed by atoms with Gasteiger partial charge in [-0.1, -0.05) is 25.8 Å². The Morgan fingerprint density at radius 2 is 2.11 bits per heavy atom. The lowest BCUT2D eigenvalue weighted by Crippen LogP contribution is -2.36. The van der Waals surface area contributed by atoms with E-state index in [2.05, 4.69) is 12.3 Å². The summed E-state index contributed by atoms with van der Waals surface area (Å²) in [5, 5.41) is 0. The SMILES string of the molecule is CC1CCCC(C(NN)c2ccc(F)cc2F)C1. The summed E-state index contributed by atoms with van der Waals surface area (Å²) in [5.41, 5.74) is 3.18. The number of nitrogens with two attached hydrogens (primary N) is 1. The van der Waals surface area contributed by atoms with Crippen LogP contribution in [0.5, 0.6) is 0 Å². The van der Waals surface area contributed by atoms with E-state index in [0.29, 0.717) is 17.4 Å². The van der Waals surface area contributed by atoms with Crippen LogP contribution in [0.2, 0.25) is 0 Å². The van der Waals surface area contributed by atoms with E-state index in [9.17, 15) is 8.78 Å². The molecule has 1 aliphatic carbocycles. The van der Waals surface area contributed by atoms with Crippen LogP contribution in [0.25, 0.3) is 0 Å². The predicted molar refractivity (Wildman–Crippen MR) is 67.5 cm³/mol. The van der Waals surface area contributed by atoms with E-state index in [-0.39, 0.29) is 6.04 Å². The number of hydrogen-bond acceptors (Lipinski definition) is 2. The zero-order chi connectivity index (χ0) is 13.1. The Balaban J connectivity index is 2.21. The van der Waals surface area contributed by atoms with Crippen molar-refractivity contribution in [3.8, 4) is 0 Å². The van der Waals surface area contributed by atoms with Gasteiger partial charge in [-0.2, -0.15) is 0 Å². The van der Waals surface area contributed by atoms with E-state index in [4.69, 9.17) is 5.84 Å². The van der Waals surface area contributed by atoms with Crippen LogP contribution in [0, 0.1) is 23.5 Å². The van der Waals surface area contributed by atoms with E-state index < -0.39 is 11.6 Å². The lowest BCUT2D eigenvalue weighted by molar-refractivity contribution is 0.221. The summed E-state index contributed by atoms with van der Waals surface area (Å²) in [7, 11) is 0. The fourth-order valence-corrected chi connectivity index (χ4v) is 3.02. The Kier molecular flexibility index (Phi) is 4.30. The smallest absolute Gasteiger partial charge is 0.130 e. The second kappa shape index (κ2) is 5.76. The molecule has 0 aliphatic heterocycles. The highest BCUT2D eigenvalue weighted by Crippen LogP contribution is 2.37. The van der Waals surface area contributed by atoms with Crippen molar-refractivity contribution in [2.75, 3.05) is 0 Å². The fraction of sp³-hybridized carbons (Fsp3) is 0.571. The average molecular weight is 254 g/mol. The van der Waals surface area contributed by atoms with Crippen LogP contribution in [0.15, 0.2) is 18.2 Å². The third-order valence-corrected chi connectivity index (χ3v) is 3.93. The van der Waals surface area contributed by atoms with Crippen molar-refractivity contribution in [2.45, 2.75) is 38.6 Å². The topological polar surface area (TPSA) is 38.0 Å². The van der Waals surface area contributed by atoms with E-state index >= 15 is 0 Å². The molecule has 18 heavy (non-hydrogen) atoms. The first-order valence-electron chi connectivity index (χ1n) is 6.53. The largest absolute Gasteiger partial charge is 0.271 e. The van der Waals surface area contributed by atoms with Crippen LogP contribution in [0.3, 0.4) is 0 Å². The molecule has 3 atom stereocenters. The second-order valence-electron chi connectivity index (χ2n) is 5.34. The van der Waals surface area contributed by atoms with Crippen LogP contribution >= 0.6 is 0 Å². The van der Waals surface area contributed by atoms with Crippen LogP contribution < -0.4 is 11.3 Å². The van der Waals surface area contributed by atoms with E-state index in [0.717, 1.165) is 25.3 Å². The quantitative estimate of drug-likeness (QED) is 0.641. The van der Waals surface area contributed by atoms with Gasteiger partial charge >= 0.3 is 0 Å². The lowest BCUT2D eigenvalue weighted by Gasteiger charge is -2.33. The minimum Gasteiger partial charge on any atom is -0.271 e. The molecule has 0 aromatic heterocycles. The standard InChI is InChI=1S/C14H20F2N2/c1-9-3-2-4-10(7-9)14(18-17)12-6-5-11(15)8-13(12)16/h5-6,8-10,14,18H,2-4,7,17H2,1H3. The molecule has 0 heterocycles. The van der Waals surface area contributed by atoms with E-state index in [1.165, 1.54) is 18.6 Å². The summed E-state index contributed by atoms with van der Waals surface area (Å²) in [6.45, 7) is 2.21. The molecule has 4 heteroatoms. The Morgan fingerprint density at radius 3 is 2.72 bits per heavy atom. The van der Waals surface area contributed by atoms with Gasteiger partial charge in [0.05, 0.1) is 6.04 Å². The second-order valence-corrected chi connectivity index (χ2v) is 5.34. The van der Waals surface area contributed by atoms with Crippen molar-refractivity contribution in [3.05, 3.63) is 35.4 Å². The molecule has 1 aromatic rings. The molecule has 2 nitrogen and oxygen atoms in total. The number of halogens is 2. The number of hydrazine groups is 1. The summed E-state index contributed by atoms with van der Waals surface area (Å²) >= 11 is 0. The molecule has 2 rings (SSSR count). The predicted octanol–water partition coefficient (Wildman–Crippen LogP) is 3.30. The van der Waals surface area contributed by atoms with Gasteiger partial charge in [0, 0.05) is 11.6 Å². The Bertz CT molecular complexity index is 409. The highest BCUT2D eigenvalue weighted by molar-refractivity contribution is 5.23. The molecule has 3 N–H and O–H groups in total. The summed E-state index contributed by atoms with van der Waals surface area (Å²) in [6.07, 6.45) is 4.44. The number of benzene rings is 1. The van der Waals surface area contributed by atoms with Crippen LogP contribution in [0.4, 0.5) is 8.78 Å². The summed E-state index contributed by atoms with van der Waals surface area (Å²) in [4.78, 5) is 0. The monoisotopic (exact) mass is 254 g/mol. The van der Waals surface area contributed by atoms with Gasteiger partial charge < -0.3 is 0 Å². The lowest BCUT2D eigenvalue weighted by atomic mass is 9.77. The van der Waals surface area contributed by atoms with Crippen LogP contribution in [0.1, 0.15) is 44.2 Å². The molecule has 0 amide bonds. The highest BCUT2D eigenvalue weighted by atomic mass is 19.1. The van der Waals surface area contributed by atoms with Gasteiger partial charge in [0.15, 0.2) is 0 Å². The van der Waals surface area contributed by atoms with Gasteiger partial charge in [-0.15, -0.1) is 0 Å². The Hall–Kier alpha value is -1.00. The maximum absolute atomic E-state index is 13.8. The first kappa shape index (κ1) is 13.4. The molecule has 3 unspecified atom stereocenters. The Labute approximate surface area is 107 Å². The van der Waals surface area contributed by atoms with Crippen molar-refractivity contribution in [2.24, 2.45) is 17.7 Å². The third kappa shape index (κ3) is 2.87. The van der Waals surface area contributed by atoms with Crippen molar-refractivity contribution >= 4 is 0 Å². The first-order chi connectivity index (χ1) is 8.61. The van der Waals surface area contributed by atoms with Crippen LogP contribution in [-0.2, 0) is 0 Å². The zero-order valence-electron chi connectivity index (χ0n) is 10.6. The summed E-state index contributed by atoms with van der Waals surface area (Å²) < 4.78 is 26.7. The molecule has 0 radical (unpaired) electrons. The van der Waals surface area contributed by atoms with Gasteiger partial charge in [-0.25, -0.2) is 8.78 Å². The molecule has 100 valence electrons. The van der Waals surface area contributed by atoms with Gasteiger partial charge in [0.25, 0.3) is 0 Å². The van der Waals surface area contributed by atoms with Gasteiger partial charge in [-0.05, 0) is 30.7 Å². The average Bonchev–Trinajstić information content (AvgIpc) is 2.33. The summed E-state index contributed by atoms with van der Waals surface area (Å²) in [6, 6.07) is 3.48. The van der Waals surface area contributed by atoms with Crippen LogP contribution in [-0.4, -0.2) is 0 Å². The molecular weight excluding hydrogens is 234 g/mol. The van der Waals surface area contributed by atoms with Gasteiger partial charge in [-0.3, -0.25) is 11.3 Å². The molecule has 1 aromatic carbocycles. The van der Waals surface area contributed by atoms with Crippen molar-refractivity contribution in [1.29, 1.82) is 0 Å². The molecule has 1 aliphatic rings. The minimum atomic E-state index is -0.552. The molecule has 0 bridgehead atoms. The van der Waals surface area contributed by atoms with E-state index in [1.807, 2.05) is 0 Å². The van der Waals surface area contributed by atoms with E-state index in [1.54, 1.807) is 0 Å². The van der Waals surface area contributed by atoms with Crippen molar-refractivity contribution < 1.29 is 8.78 Å². The van der Waals surface area contributed by atoms with Gasteiger partial charge in [0.1, 0.15) is 11.6 Å². The maximum atomic E-state index is 13.8. The first-order valence-corrected chi connectivity index (χ1v) is 6.53. The molecule has 1 saturated carbocycles. The van der Waals surface area contributed by atoms with Crippen molar-refractivity contribution in [1.82, 2.24) is 5.43 Å². The number of hydrogen-bond donors (Lipinski definition) is 2. The maximum Gasteiger partial charge on any atom is 0.130 e. The molecule has 0 saturated heterocycles. The van der Waals surface area contributed by atoms with Crippen molar-refractivity contribution in [3.63, 3.8) is 0 Å². The summed E-state index contributed by atoms with van der Waals surface area (Å²) in [5.74, 6) is 5.47. The van der Waals surface area contributed by atoms with Gasteiger partial charge in [0.2, 0.25) is 0 Å². The number of rotatable bonds is 3. The fourth-order valence-electron chi connectivity index (χ4n) is 3.02. The minimum absolute atomic E-state index is 0.228.